The van der Waals surface area contributed by atoms with Gasteiger partial charge in [-0.05, 0) is 42.3 Å². The number of esters is 1. The van der Waals surface area contributed by atoms with Crippen LogP contribution in [0.2, 0.25) is 0 Å². The molecule has 0 N–H and O–H groups in total. The second kappa shape index (κ2) is 6.06. The fraction of sp³-hybridized carbons (Fsp3) is 0.118. The molecular formula is C17H16O3. The van der Waals surface area contributed by atoms with Gasteiger partial charge in [0.15, 0.2) is 0 Å². The molecule has 20 heavy (non-hydrogen) atoms. The lowest BCUT2D eigenvalue weighted by atomic mass is 10.1. The average molecular weight is 268 g/mol. The molecule has 0 heterocycles. The van der Waals surface area contributed by atoms with Crippen molar-refractivity contribution < 1.29 is 14.3 Å². The molecule has 2 aromatic carbocycles. The summed E-state index contributed by atoms with van der Waals surface area (Å²) in [6, 6.07) is 15.1. The molecule has 2 rings (SSSR count). The minimum Gasteiger partial charge on any atom is -0.497 e. The van der Waals surface area contributed by atoms with Gasteiger partial charge in [-0.25, -0.2) is 4.79 Å². The van der Waals surface area contributed by atoms with Gasteiger partial charge in [0.2, 0.25) is 0 Å². The van der Waals surface area contributed by atoms with Crippen LogP contribution in [0.25, 0.3) is 11.1 Å². The highest BCUT2D eigenvalue weighted by atomic mass is 16.5. The molecule has 0 aliphatic heterocycles. The summed E-state index contributed by atoms with van der Waals surface area (Å²) in [5.41, 5.74) is 2.50. The average Bonchev–Trinajstić information content (AvgIpc) is 2.48. The van der Waals surface area contributed by atoms with Crippen molar-refractivity contribution in [3.05, 3.63) is 60.7 Å². The first-order valence-electron chi connectivity index (χ1n) is 6.22. The number of rotatable bonds is 4. The van der Waals surface area contributed by atoms with Gasteiger partial charge in [0.1, 0.15) is 11.5 Å². The van der Waals surface area contributed by atoms with Crippen molar-refractivity contribution in [1.82, 2.24) is 0 Å². The number of methoxy groups -OCH3 is 1. The lowest BCUT2D eigenvalue weighted by Gasteiger charge is -2.06. The summed E-state index contributed by atoms with van der Waals surface area (Å²) in [4.78, 5) is 11.4. The van der Waals surface area contributed by atoms with Crippen LogP contribution in [0.4, 0.5) is 0 Å². The van der Waals surface area contributed by atoms with E-state index < -0.39 is 5.97 Å². The Morgan fingerprint density at radius 3 is 1.75 bits per heavy atom. The van der Waals surface area contributed by atoms with Crippen LogP contribution >= 0.6 is 0 Å². The van der Waals surface area contributed by atoms with Crippen LogP contribution in [0.5, 0.6) is 11.5 Å². The Morgan fingerprint density at radius 2 is 1.35 bits per heavy atom. The van der Waals surface area contributed by atoms with Crippen LogP contribution in [0.1, 0.15) is 6.92 Å². The highest BCUT2D eigenvalue weighted by Crippen LogP contribution is 2.24. The Hall–Kier alpha value is -2.55. The van der Waals surface area contributed by atoms with Crippen LogP contribution in [0, 0.1) is 0 Å². The first-order valence-corrected chi connectivity index (χ1v) is 6.22. The predicted molar refractivity (Wildman–Crippen MR) is 78.9 cm³/mol. The zero-order chi connectivity index (χ0) is 14.5. The standard InChI is InChI=1S/C17H16O3/c1-12(2)17(18)20-16-10-6-14(7-11-16)13-4-8-15(19-3)9-5-13/h4-11H,1H2,2-3H3. The number of carbonyl (C=O) groups is 1. The van der Waals surface area contributed by atoms with E-state index in [1.165, 1.54) is 0 Å². The number of hydrogen-bond donors (Lipinski definition) is 0. The minimum atomic E-state index is -0.415. The van der Waals surface area contributed by atoms with E-state index in [1.54, 1.807) is 26.2 Å². The first kappa shape index (κ1) is 13.9. The van der Waals surface area contributed by atoms with Gasteiger partial charge >= 0.3 is 5.97 Å². The minimum absolute atomic E-state index is 0.379. The summed E-state index contributed by atoms with van der Waals surface area (Å²) in [5.74, 6) is 0.915. The van der Waals surface area contributed by atoms with Gasteiger partial charge in [-0.15, -0.1) is 0 Å². The molecule has 0 saturated carbocycles. The molecule has 102 valence electrons. The van der Waals surface area contributed by atoms with E-state index in [4.69, 9.17) is 9.47 Å². The summed E-state index contributed by atoms with van der Waals surface area (Å²) in [5, 5.41) is 0. The summed E-state index contributed by atoms with van der Waals surface area (Å²) in [6.45, 7) is 5.17. The van der Waals surface area contributed by atoms with Crippen molar-refractivity contribution in [1.29, 1.82) is 0 Å². The third kappa shape index (κ3) is 3.26. The van der Waals surface area contributed by atoms with E-state index in [-0.39, 0.29) is 0 Å². The summed E-state index contributed by atoms with van der Waals surface area (Å²) < 4.78 is 10.3. The van der Waals surface area contributed by atoms with Gasteiger partial charge in [-0.2, -0.15) is 0 Å². The number of ether oxygens (including phenoxy) is 2. The molecular weight excluding hydrogens is 252 g/mol. The SMILES string of the molecule is C=C(C)C(=O)Oc1ccc(-c2ccc(OC)cc2)cc1. The first-order chi connectivity index (χ1) is 9.60. The normalized spacial score (nSPS) is 9.90. The van der Waals surface area contributed by atoms with E-state index in [2.05, 4.69) is 6.58 Å². The van der Waals surface area contributed by atoms with Gasteiger partial charge in [0.05, 0.1) is 7.11 Å². The second-order valence-corrected chi connectivity index (χ2v) is 4.42. The van der Waals surface area contributed by atoms with Crippen LogP contribution in [-0.2, 0) is 4.79 Å². The maximum atomic E-state index is 11.4. The summed E-state index contributed by atoms with van der Waals surface area (Å²) in [6.07, 6.45) is 0. The van der Waals surface area contributed by atoms with Gasteiger partial charge in [-0.1, -0.05) is 30.8 Å². The molecule has 0 spiro atoms. The molecule has 0 bridgehead atoms. The maximum absolute atomic E-state index is 11.4. The largest absolute Gasteiger partial charge is 0.497 e. The highest BCUT2D eigenvalue weighted by Gasteiger charge is 2.05. The molecule has 0 amide bonds. The van der Waals surface area contributed by atoms with E-state index in [9.17, 15) is 4.79 Å². The molecule has 0 radical (unpaired) electrons. The maximum Gasteiger partial charge on any atom is 0.338 e. The van der Waals surface area contributed by atoms with Crippen molar-refractivity contribution in [2.75, 3.05) is 7.11 Å². The van der Waals surface area contributed by atoms with Crippen molar-refractivity contribution >= 4 is 5.97 Å². The third-order valence-corrected chi connectivity index (χ3v) is 2.84. The lowest BCUT2D eigenvalue weighted by Crippen LogP contribution is -2.07. The predicted octanol–water partition coefficient (Wildman–Crippen LogP) is 3.84. The molecule has 3 nitrogen and oxygen atoms in total. The molecule has 0 aromatic heterocycles. The van der Waals surface area contributed by atoms with E-state index in [1.807, 2.05) is 36.4 Å². The van der Waals surface area contributed by atoms with Crippen molar-refractivity contribution in [2.45, 2.75) is 6.92 Å². The van der Waals surface area contributed by atoms with E-state index >= 15 is 0 Å². The van der Waals surface area contributed by atoms with Crippen molar-refractivity contribution in [3.63, 3.8) is 0 Å². The number of benzene rings is 2. The second-order valence-electron chi connectivity index (χ2n) is 4.42. The van der Waals surface area contributed by atoms with Gasteiger partial charge in [-0.3, -0.25) is 0 Å². The number of carbonyl (C=O) groups excluding carboxylic acids is 1. The molecule has 0 aliphatic rings. The van der Waals surface area contributed by atoms with Gasteiger partial charge < -0.3 is 9.47 Å². The van der Waals surface area contributed by atoms with Crippen molar-refractivity contribution in [2.24, 2.45) is 0 Å². The van der Waals surface area contributed by atoms with E-state index in [0.717, 1.165) is 16.9 Å². The zero-order valence-corrected chi connectivity index (χ0v) is 11.6. The van der Waals surface area contributed by atoms with Crippen LogP contribution in [-0.4, -0.2) is 13.1 Å². The molecule has 0 fully saturated rings. The monoisotopic (exact) mass is 268 g/mol. The fourth-order valence-electron chi connectivity index (χ4n) is 1.69. The van der Waals surface area contributed by atoms with E-state index in [0.29, 0.717) is 11.3 Å². The van der Waals surface area contributed by atoms with Gasteiger partial charge in [0.25, 0.3) is 0 Å². The van der Waals surface area contributed by atoms with Gasteiger partial charge in [0, 0.05) is 5.57 Å². The Morgan fingerprint density at radius 1 is 0.900 bits per heavy atom. The molecule has 0 aliphatic carbocycles. The molecule has 2 aromatic rings. The van der Waals surface area contributed by atoms with Crippen LogP contribution in [0.3, 0.4) is 0 Å². The quantitative estimate of drug-likeness (QED) is 0.480. The fourth-order valence-corrected chi connectivity index (χ4v) is 1.69. The van der Waals surface area contributed by atoms with Crippen molar-refractivity contribution in [3.8, 4) is 22.6 Å². The summed E-state index contributed by atoms with van der Waals surface area (Å²) >= 11 is 0. The third-order valence-electron chi connectivity index (χ3n) is 2.84. The summed E-state index contributed by atoms with van der Waals surface area (Å²) in [7, 11) is 1.64. The molecule has 0 saturated heterocycles. The van der Waals surface area contributed by atoms with Crippen LogP contribution in [0.15, 0.2) is 60.7 Å². The Balaban J connectivity index is 2.14. The Kier molecular flexibility index (Phi) is 4.20. The molecule has 0 atom stereocenters. The molecule has 0 unspecified atom stereocenters. The van der Waals surface area contributed by atoms with Crippen LogP contribution < -0.4 is 9.47 Å². The number of hydrogen-bond acceptors (Lipinski definition) is 3. The Labute approximate surface area is 118 Å². The Bertz CT molecular complexity index is 610. The lowest BCUT2D eigenvalue weighted by molar-refractivity contribution is -0.130. The molecule has 3 heteroatoms. The highest BCUT2D eigenvalue weighted by molar-refractivity contribution is 5.88. The smallest absolute Gasteiger partial charge is 0.338 e. The topological polar surface area (TPSA) is 35.5 Å². The zero-order valence-electron chi connectivity index (χ0n) is 11.6.